The molecule has 3 rings (SSSR count). The lowest BCUT2D eigenvalue weighted by atomic mass is 10.1. The highest BCUT2D eigenvalue weighted by atomic mass is 19.4. The molecule has 23 heavy (non-hydrogen) atoms. The smallest absolute Gasteiger partial charge is 0.340 e. The van der Waals surface area contributed by atoms with Gasteiger partial charge in [0, 0.05) is 25.8 Å². The SMILES string of the molecule is O=C1C2CN(C(F)(F)F)CCN2c2ncccc2N1C(F)(F)F. The van der Waals surface area contributed by atoms with Gasteiger partial charge in [0.15, 0.2) is 5.82 Å². The summed E-state index contributed by atoms with van der Waals surface area (Å²) in [6, 6.07) is 0.714. The summed E-state index contributed by atoms with van der Waals surface area (Å²) in [5.41, 5.74) is -0.471. The first kappa shape index (κ1) is 15.8. The van der Waals surface area contributed by atoms with Crippen LogP contribution in [-0.4, -0.2) is 54.1 Å². The number of alkyl halides is 6. The lowest BCUT2D eigenvalue weighted by Crippen LogP contribution is -2.66. The molecule has 0 aliphatic carbocycles. The largest absolute Gasteiger partial charge is 0.491 e. The molecule has 1 atom stereocenters. The Balaban J connectivity index is 2.04. The molecule has 0 N–H and O–H groups in total. The molecular weight excluding hydrogens is 330 g/mol. The Labute approximate surface area is 126 Å². The third-order valence-corrected chi connectivity index (χ3v) is 3.78. The van der Waals surface area contributed by atoms with Gasteiger partial charge in [-0.1, -0.05) is 0 Å². The number of amides is 1. The molecule has 1 fully saturated rings. The van der Waals surface area contributed by atoms with E-state index in [2.05, 4.69) is 4.98 Å². The highest BCUT2D eigenvalue weighted by molar-refractivity contribution is 6.05. The van der Waals surface area contributed by atoms with E-state index in [1.54, 1.807) is 0 Å². The molecule has 2 aliphatic rings. The van der Waals surface area contributed by atoms with Crippen molar-refractivity contribution in [2.45, 2.75) is 18.6 Å². The third-order valence-electron chi connectivity index (χ3n) is 3.78. The monoisotopic (exact) mass is 340 g/mol. The van der Waals surface area contributed by atoms with Gasteiger partial charge in [0.25, 0.3) is 5.91 Å². The standard InChI is InChI=1S/C12H10F6N4O/c13-11(14,15)20-4-5-21-8(6-20)10(23)22(12(16,17)18)7-2-1-3-19-9(7)21/h1-3,8H,4-6H2. The van der Waals surface area contributed by atoms with Crippen LogP contribution in [0.1, 0.15) is 0 Å². The summed E-state index contributed by atoms with van der Waals surface area (Å²) >= 11 is 0. The van der Waals surface area contributed by atoms with Crippen molar-refractivity contribution in [1.82, 2.24) is 9.88 Å². The minimum Gasteiger partial charge on any atom is -0.340 e. The molecule has 0 bridgehead atoms. The Bertz CT molecular complexity index is 631. The maximum Gasteiger partial charge on any atom is 0.491 e. The Morgan fingerprint density at radius 2 is 1.78 bits per heavy atom. The summed E-state index contributed by atoms with van der Waals surface area (Å²) in [4.78, 5) is 16.8. The van der Waals surface area contributed by atoms with Crippen molar-refractivity contribution < 1.29 is 31.1 Å². The molecule has 1 saturated heterocycles. The van der Waals surface area contributed by atoms with Crippen molar-refractivity contribution in [3.05, 3.63) is 18.3 Å². The van der Waals surface area contributed by atoms with Crippen LogP contribution >= 0.6 is 0 Å². The Hall–Kier alpha value is -2.04. The minimum absolute atomic E-state index is 0.0363. The van der Waals surface area contributed by atoms with E-state index in [4.69, 9.17) is 0 Å². The summed E-state index contributed by atoms with van der Waals surface area (Å²) in [5, 5.41) is 0. The van der Waals surface area contributed by atoms with Gasteiger partial charge in [-0.2, -0.15) is 13.2 Å². The van der Waals surface area contributed by atoms with E-state index >= 15 is 0 Å². The minimum atomic E-state index is -5.04. The van der Waals surface area contributed by atoms with Gasteiger partial charge in [-0.25, -0.2) is 14.8 Å². The molecule has 0 saturated carbocycles. The number of carbonyl (C=O) groups excluding carboxylic acids is 1. The second kappa shape index (κ2) is 4.98. The average Bonchev–Trinajstić information content (AvgIpc) is 2.45. The van der Waals surface area contributed by atoms with Crippen molar-refractivity contribution in [1.29, 1.82) is 0 Å². The molecule has 0 spiro atoms. The molecule has 5 nitrogen and oxygen atoms in total. The van der Waals surface area contributed by atoms with Crippen molar-refractivity contribution in [3.8, 4) is 0 Å². The lowest BCUT2D eigenvalue weighted by molar-refractivity contribution is -0.248. The van der Waals surface area contributed by atoms with Gasteiger partial charge < -0.3 is 4.90 Å². The number of piperazine rings is 1. The number of hydrogen-bond donors (Lipinski definition) is 0. The number of aromatic nitrogens is 1. The van der Waals surface area contributed by atoms with Crippen molar-refractivity contribution in [2.24, 2.45) is 0 Å². The first-order valence-corrected chi connectivity index (χ1v) is 6.55. The van der Waals surface area contributed by atoms with Crippen molar-refractivity contribution >= 4 is 17.4 Å². The van der Waals surface area contributed by atoms with E-state index in [1.807, 2.05) is 0 Å². The molecule has 3 heterocycles. The predicted octanol–water partition coefficient (Wildman–Crippen LogP) is 1.96. The van der Waals surface area contributed by atoms with Gasteiger partial charge >= 0.3 is 12.6 Å². The van der Waals surface area contributed by atoms with E-state index < -0.39 is 48.2 Å². The fourth-order valence-electron chi connectivity index (χ4n) is 2.79. The number of rotatable bonds is 0. The van der Waals surface area contributed by atoms with Crippen LogP contribution in [0.2, 0.25) is 0 Å². The number of nitrogens with zero attached hydrogens (tertiary/aromatic N) is 4. The number of pyridine rings is 1. The molecule has 1 aromatic rings. The number of hydrogen-bond acceptors (Lipinski definition) is 4. The maximum absolute atomic E-state index is 13.2. The van der Waals surface area contributed by atoms with Crippen LogP contribution in [0.5, 0.6) is 0 Å². The summed E-state index contributed by atoms with van der Waals surface area (Å²) in [6.07, 6.45) is -8.52. The van der Waals surface area contributed by atoms with Gasteiger partial charge in [-0.05, 0) is 12.1 Å². The summed E-state index contributed by atoms with van der Waals surface area (Å²) in [5.74, 6) is -1.58. The molecular formula is C12H10F6N4O. The van der Waals surface area contributed by atoms with Gasteiger partial charge in [-0.15, -0.1) is 13.2 Å². The Morgan fingerprint density at radius 3 is 2.39 bits per heavy atom. The van der Waals surface area contributed by atoms with Gasteiger partial charge in [0.1, 0.15) is 6.04 Å². The maximum atomic E-state index is 13.2. The average molecular weight is 340 g/mol. The fourth-order valence-corrected chi connectivity index (χ4v) is 2.79. The summed E-state index contributed by atoms with van der Waals surface area (Å²) < 4.78 is 77.9. The Morgan fingerprint density at radius 1 is 1.09 bits per heavy atom. The van der Waals surface area contributed by atoms with E-state index in [1.165, 1.54) is 17.2 Å². The second-order valence-corrected chi connectivity index (χ2v) is 5.11. The van der Waals surface area contributed by atoms with E-state index in [-0.39, 0.29) is 17.3 Å². The van der Waals surface area contributed by atoms with Crippen LogP contribution in [-0.2, 0) is 4.79 Å². The van der Waals surface area contributed by atoms with Crippen molar-refractivity contribution in [2.75, 3.05) is 29.4 Å². The summed E-state index contributed by atoms with van der Waals surface area (Å²) in [6.45, 7) is -1.56. The third kappa shape index (κ3) is 2.58. The van der Waals surface area contributed by atoms with Crippen LogP contribution in [0.3, 0.4) is 0 Å². The topological polar surface area (TPSA) is 39.7 Å². The lowest BCUT2D eigenvalue weighted by Gasteiger charge is -2.47. The molecule has 1 amide bonds. The van der Waals surface area contributed by atoms with Crippen LogP contribution in [0.25, 0.3) is 0 Å². The first-order chi connectivity index (χ1) is 10.6. The quantitative estimate of drug-likeness (QED) is 0.535. The molecule has 0 aromatic carbocycles. The Kier molecular flexibility index (Phi) is 3.43. The number of fused-ring (bicyclic) bond motifs is 3. The van der Waals surface area contributed by atoms with Crippen LogP contribution in [0.15, 0.2) is 18.3 Å². The van der Waals surface area contributed by atoms with Crippen LogP contribution in [0, 0.1) is 0 Å². The molecule has 11 heteroatoms. The number of anilines is 2. The van der Waals surface area contributed by atoms with Crippen molar-refractivity contribution in [3.63, 3.8) is 0 Å². The highest BCUT2D eigenvalue weighted by Crippen LogP contribution is 2.41. The summed E-state index contributed by atoms with van der Waals surface area (Å²) in [7, 11) is 0. The number of halogens is 6. The fraction of sp³-hybridized carbons (Fsp3) is 0.500. The molecule has 2 aliphatic heterocycles. The molecule has 126 valence electrons. The number of carbonyl (C=O) groups is 1. The second-order valence-electron chi connectivity index (χ2n) is 5.11. The normalized spacial score (nSPS) is 22.9. The molecule has 0 radical (unpaired) electrons. The molecule has 1 aromatic heterocycles. The predicted molar refractivity (Wildman–Crippen MR) is 66.5 cm³/mol. The van der Waals surface area contributed by atoms with Gasteiger partial charge in [0.2, 0.25) is 0 Å². The highest BCUT2D eigenvalue weighted by Gasteiger charge is 2.54. The van der Waals surface area contributed by atoms with Crippen LogP contribution < -0.4 is 9.80 Å². The van der Waals surface area contributed by atoms with E-state index in [0.717, 1.165) is 6.07 Å². The molecule has 1 unspecified atom stereocenters. The zero-order valence-electron chi connectivity index (χ0n) is 11.4. The zero-order valence-corrected chi connectivity index (χ0v) is 11.4. The van der Waals surface area contributed by atoms with Gasteiger partial charge in [-0.3, -0.25) is 4.79 Å². The van der Waals surface area contributed by atoms with Gasteiger partial charge in [0.05, 0.1) is 5.69 Å². The van der Waals surface area contributed by atoms with E-state index in [0.29, 0.717) is 0 Å². The van der Waals surface area contributed by atoms with Crippen LogP contribution in [0.4, 0.5) is 37.8 Å². The van der Waals surface area contributed by atoms with E-state index in [9.17, 15) is 31.1 Å². The first-order valence-electron chi connectivity index (χ1n) is 6.55. The zero-order chi connectivity index (χ0) is 17.0.